The molecule has 1 aromatic carbocycles. The standard InChI is InChI=1S/C28H38N6O4Si/c1-27(2,3)37-26(36)33-20-10-9-19(38-39(7,8)28(4,5)6)11-16(20)12-21(33)23-22-24(29)30-15-31-25(22)34(32-23)17-13-18(35)14-17/h9-12,15,17-18,35H,13-14H2,1-8H3,(H2,29,30,31). The van der Waals surface area contributed by atoms with Crippen molar-refractivity contribution in [3.63, 3.8) is 0 Å². The van der Waals surface area contributed by atoms with Gasteiger partial charge in [-0.2, -0.15) is 5.10 Å². The summed E-state index contributed by atoms with van der Waals surface area (Å²) in [4.78, 5) is 22.3. The summed E-state index contributed by atoms with van der Waals surface area (Å²) in [6.07, 6.45) is 1.65. The van der Waals surface area contributed by atoms with Gasteiger partial charge in [0.15, 0.2) is 5.65 Å². The summed E-state index contributed by atoms with van der Waals surface area (Å²) < 4.78 is 15.7. The van der Waals surface area contributed by atoms with E-state index in [0.717, 1.165) is 11.1 Å². The average Bonchev–Trinajstić information content (AvgIpc) is 3.33. The van der Waals surface area contributed by atoms with E-state index in [-0.39, 0.29) is 23.0 Å². The van der Waals surface area contributed by atoms with Gasteiger partial charge in [-0.3, -0.25) is 0 Å². The molecule has 0 bridgehead atoms. The van der Waals surface area contributed by atoms with Gasteiger partial charge in [0, 0.05) is 5.39 Å². The Hall–Kier alpha value is -3.44. The van der Waals surface area contributed by atoms with E-state index in [0.29, 0.717) is 40.8 Å². The van der Waals surface area contributed by atoms with Crippen LogP contribution in [0.1, 0.15) is 60.4 Å². The van der Waals surface area contributed by atoms with Crippen molar-refractivity contribution >= 4 is 42.2 Å². The summed E-state index contributed by atoms with van der Waals surface area (Å²) in [6, 6.07) is 7.63. The summed E-state index contributed by atoms with van der Waals surface area (Å²) in [6.45, 7) is 16.5. The summed E-state index contributed by atoms with van der Waals surface area (Å²) in [5.74, 6) is 1.02. The van der Waals surface area contributed by atoms with Gasteiger partial charge >= 0.3 is 6.09 Å². The van der Waals surface area contributed by atoms with Crippen LogP contribution in [0.4, 0.5) is 10.6 Å². The highest BCUT2D eigenvalue weighted by Gasteiger charge is 2.39. The van der Waals surface area contributed by atoms with Gasteiger partial charge in [0.2, 0.25) is 8.32 Å². The van der Waals surface area contributed by atoms with Crippen LogP contribution in [0.5, 0.6) is 5.75 Å². The van der Waals surface area contributed by atoms with E-state index in [1.807, 2.05) is 45.0 Å². The Morgan fingerprint density at radius 3 is 2.41 bits per heavy atom. The molecule has 0 unspecified atom stereocenters. The number of ether oxygens (including phenoxy) is 1. The molecule has 1 fully saturated rings. The van der Waals surface area contributed by atoms with Crippen molar-refractivity contribution in [2.45, 2.75) is 90.3 Å². The molecule has 3 aromatic heterocycles. The minimum Gasteiger partial charge on any atom is -0.543 e. The highest BCUT2D eigenvalue weighted by molar-refractivity contribution is 6.74. The van der Waals surface area contributed by atoms with E-state index in [2.05, 4.69) is 43.8 Å². The summed E-state index contributed by atoms with van der Waals surface area (Å²) in [5.41, 5.74) is 7.89. The van der Waals surface area contributed by atoms with Crippen LogP contribution in [0.25, 0.3) is 33.3 Å². The highest BCUT2D eigenvalue weighted by Crippen LogP contribution is 2.41. The van der Waals surface area contributed by atoms with Crippen molar-refractivity contribution in [2.24, 2.45) is 0 Å². The second-order valence-electron chi connectivity index (χ2n) is 13.0. The van der Waals surface area contributed by atoms with Crippen LogP contribution in [0, 0.1) is 0 Å². The monoisotopic (exact) mass is 550 g/mol. The highest BCUT2D eigenvalue weighted by atomic mass is 28.4. The predicted octanol–water partition coefficient (Wildman–Crippen LogP) is 5.89. The fourth-order valence-electron chi connectivity index (χ4n) is 4.57. The second-order valence-corrected chi connectivity index (χ2v) is 17.7. The molecule has 10 nitrogen and oxygen atoms in total. The Labute approximate surface area is 229 Å². The van der Waals surface area contributed by atoms with Gasteiger partial charge in [0.1, 0.15) is 29.2 Å². The molecule has 0 spiro atoms. The Bertz CT molecular complexity index is 1570. The Morgan fingerprint density at radius 1 is 1.10 bits per heavy atom. The third-order valence-corrected chi connectivity index (χ3v) is 12.1. The number of hydrogen-bond donors (Lipinski definition) is 2. The number of hydrogen-bond acceptors (Lipinski definition) is 8. The molecule has 3 heterocycles. The van der Waals surface area contributed by atoms with E-state index in [1.54, 1.807) is 4.68 Å². The molecule has 0 saturated heterocycles. The third kappa shape index (κ3) is 4.89. The van der Waals surface area contributed by atoms with E-state index in [1.165, 1.54) is 10.9 Å². The normalized spacial score (nSPS) is 18.4. The maximum atomic E-state index is 13.6. The first-order chi connectivity index (χ1) is 18.1. The lowest BCUT2D eigenvalue weighted by Crippen LogP contribution is -2.43. The summed E-state index contributed by atoms with van der Waals surface area (Å²) >= 11 is 0. The molecule has 4 aromatic rings. The molecule has 1 saturated carbocycles. The lowest BCUT2D eigenvalue weighted by atomic mass is 9.90. The molecule has 0 aliphatic heterocycles. The molecule has 0 radical (unpaired) electrons. The number of fused-ring (bicyclic) bond motifs is 2. The number of nitrogens with two attached hydrogens (primary N) is 1. The van der Waals surface area contributed by atoms with Crippen molar-refractivity contribution in [3.05, 3.63) is 30.6 Å². The minimum atomic E-state index is -2.08. The maximum absolute atomic E-state index is 13.6. The molecule has 1 aliphatic carbocycles. The van der Waals surface area contributed by atoms with Crippen LogP contribution >= 0.6 is 0 Å². The number of nitrogen functional groups attached to an aromatic ring is 1. The van der Waals surface area contributed by atoms with Gasteiger partial charge in [-0.05, 0) is 76.0 Å². The van der Waals surface area contributed by atoms with Crippen molar-refractivity contribution in [2.75, 3.05) is 5.73 Å². The molecule has 11 heteroatoms. The molecule has 5 rings (SSSR count). The van der Waals surface area contributed by atoms with Gasteiger partial charge in [-0.15, -0.1) is 0 Å². The number of carbonyl (C=O) groups excluding carboxylic acids is 1. The first-order valence-corrected chi connectivity index (χ1v) is 16.2. The number of anilines is 1. The lowest BCUT2D eigenvalue weighted by molar-refractivity contribution is 0.0451. The van der Waals surface area contributed by atoms with Crippen molar-refractivity contribution < 1.29 is 19.1 Å². The van der Waals surface area contributed by atoms with Gasteiger partial charge in [0.05, 0.1) is 28.7 Å². The number of carbonyl (C=O) groups is 1. The molecule has 0 amide bonds. The molecule has 1 aliphatic rings. The molecule has 39 heavy (non-hydrogen) atoms. The van der Waals surface area contributed by atoms with E-state index >= 15 is 0 Å². The van der Waals surface area contributed by atoms with Gasteiger partial charge in [-0.25, -0.2) is 24.0 Å². The van der Waals surface area contributed by atoms with Crippen LogP contribution < -0.4 is 10.2 Å². The van der Waals surface area contributed by atoms with Gasteiger partial charge < -0.3 is 20.0 Å². The summed E-state index contributed by atoms with van der Waals surface area (Å²) in [5, 5.41) is 16.2. The zero-order valence-corrected chi connectivity index (χ0v) is 24.9. The fourth-order valence-corrected chi connectivity index (χ4v) is 5.59. The SMILES string of the molecule is CC(C)(C)OC(=O)n1c(-c2nn(C3CC(O)C3)c3ncnc(N)c23)cc2cc(O[Si](C)(C)C(C)(C)C)ccc21. The molecule has 208 valence electrons. The van der Waals surface area contributed by atoms with Crippen LogP contribution in [-0.4, -0.2) is 55.5 Å². The number of benzene rings is 1. The zero-order chi connectivity index (χ0) is 28.5. The van der Waals surface area contributed by atoms with E-state index in [9.17, 15) is 9.90 Å². The van der Waals surface area contributed by atoms with Crippen LogP contribution in [0.2, 0.25) is 18.1 Å². The fraction of sp³-hybridized carbons (Fsp3) is 0.500. The second kappa shape index (κ2) is 9.05. The number of nitrogens with zero attached hydrogens (tertiary/aromatic N) is 5. The summed E-state index contributed by atoms with van der Waals surface area (Å²) in [7, 11) is -2.08. The first-order valence-electron chi connectivity index (χ1n) is 13.3. The minimum absolute atomic E-state index is 0.0190. The maximum Gasteiger partial charge on any atom is 0.419 e. The first kappa shape index (κ1) is 27.1. The smallest absolute Gasteiger partial charge is 0.419 e. The van der Waals surface area contributed by atoms with Crippen LogP contribution in [-0.2, 0) is 4.74 Å². The number of aliphatic hydroxyl groups is 1. The van der Waals surface area contributed by atoms with Crippen molar-refractivity contribution in [1.82, 2.24) is 24.3 Å². The largest absolute Gasteiger partial charge is 0.543 e. The topological polar surface area (TPSA) is 130 Å². The van der Waals surface area contributed by atoms with Crippen molar-refractivity contribution in [3.8, 4) is 17.1 Å². The van der Waals surface area contributed by atoms with Crippen LogP contribution in [0.3, 0.4) is 0 Å². The third-order valence-electron chi connectivity index (χ3n) is 7.72. The Morgan fingerprint density at radius 2 is 1.79 bits per heavy atom. The van der Waals surface area contributed by atoms with E-state index < -0.39 is 20.0 Å². The average molecular weight is 551 g/mol. The predicted molar refractivity (Wildman–Crippen MR) is 154 cm³/mol. The molecule has 3 N–H and O–H groups in total. The molecule has 0 atom stereocenters. The van der Waals surface area contributed by atoms with Crippen LogP contribution in [0.15, 0.2) is 30.6 Å². The number of aliphatic hydroxyl groups excluding tert-OH is 1. The number of aromatic nitrogens is 5. The van der Waals surface area contributed by atoms with E-state index in [4.69, 9.17) is 20.0 Å². The Kier molecular flexibility index (Phi) is 6.30. The molecular weight excluding hydrogens is 512 g/mol. The molecular formula is C28H38N6O4Si. The van der Waals surface area contributed by atoms with Gasteiger partial charge in [-0.1, -0.05) is 20.8 Å². The Balaban J connectivity index is 1.71. The number of rotatable bonds is 4. The van der Waals surface area contributed by atoms with Crippen molar-refractivity contribution in [1.29, 1.82) is 0 Å². The zero-order valence-electron chi connectivity index (χ0n) is 23.9. The van der Waals surface area contributed by atoms with Gasteiger partial charge in [0.25, 0.3) is 0 Å². The lowest BCUT2D eigenvalue weighted by Gasteiger charge is -2.36. The quantitative estimate of drug-likeness (QED) is 0.301.